The van der Waals surface area contributed by atoms with Gasteiger partial charge in [-0.05, 0) is 126 Å². The molecule has 6 atom stereocenters. The Labute approximate surface area is 979 Å². The average molecular weight is 2230 g/mol. The Morgan fingerprint density at radius 1 is 0.188 bits per heavy atom. The van der Waals surface area contributed by atoms with Crippen molar-refractivity contribution in [3.05, 3.63) is 545 Å². The monoisotopic (exact) mass is 2230 g/mol. The van der Waals surface area contributed by atoms with Crippen LogP contribution in [0, 0.1) is 159 Å². The van der Waals surface area contributed by atoms with Crippen LogP contribution in [0.15, 0.2) is 328 Å². The molecular formula is C132H114Y6. The molecule has 0 nitrogen and oxygen atoms in total. The fourth-order valence-electron chi connectivity index (χ4n) is 20.7. The van der Waals surface area contributed by atoms with E-state index in [0.717, 1.165) is 55.6 Å². The molecule has 6 aliphatic rings. The summed E-state index contributed by atoms with van der Waals surface area (Å²) >= 11 is 0. The summed E-state index contributed by atoms with van der Waals surface area (Å²) in [5.41, 5.74) is 54.9. The standard InChI is InChI=1S/6C21H16.6CH3.6Y/c1-14-8-6-13-19-20(14)15(2)17-11-7-12-18(21(17)19)16-9-4-3-5-10-16;1-14-7-6-10-19-18-12-11-17(16-8-4-3-5-9-16)13-20(18)15(2)21(14)19;1-14-7-6-10-19-20-13-17(16-8-4-3-5-9-16)11-12-18(20)15(2)21(14)19;1-14-7-6-10-18-15(2)20-13-17(11-12-19(20)21(14)18)16-8-4-3-5-9-16;1-14-12-17(16-8-4-3-5-9-16)13-20-19-11-7-6-10-18(19)15(2)21(14)20;1-14-11-12-17-15(2)21-18(16-7-4-3-5-8-16)9-6-10-19(21)20(17)13-14;;;;;;;;;;;;/h3-9,11,13,15H,1-2H3;3-8,10-12,15H,1-2H3;2*3-8,10,12-13,15H,1-2H3;3-8,10-12,15H,1-2H3;3-7,10-13,15H,1-2H3;6*1H3;;;;;;/q6*-2;6*-1;6*+3. The molecule has 138 heavy (non-hydrogen) atoms. The smallest absolute Gasteiger partial charge is 0.358 e. The van der Waals surface area contributed by atoms with Crippen molar-refractivity contribution >= 4 is 0 Å². The maximum atomic E-state index is 3.64. The first-order chi connectivity index (χ1) is 61.5. The second-order valence-corrected chi connectivity index (χ2v) is 34.5. The molecule has 0 spiro atoms. The predicted molar refractivity (Wildman–Crippen MR) is 562 cm³/mol. The van der Waals surface area contributed by atoms with Gasteiger partial charge in [0, 0.05) is 0 Å². The van der Waals surface area contributed by atoms with Gasteiger partial charge in [-0.1, -0.05) is 214 Å². The average Bonchev–Trinajstić information content (AvgIpc) is 1.55. The normalized spacial score (nSPS) is 14.3. The maximum Gasteiger partial charge on any atom is 3.00 e. The van der Waals surface area contributed by atoms with E-state index in [1.54, 1.807) is 0 Å². The first-order valence-electron chi connectivity index (χ1n) is 44.3. The van der Waals surface area contributed by atoms with Crippen LogP contribution in [-0.2, 0) is 196 Å². The molecule has 6 unspecified atom stereocenters. The van der Waals surface area contributed by atoms with E-state index in [1.165, 1.54) is 178 Å². The molecule has 24 rings (SSSR count). The summed E-state index contributed by atoms with van der Waals surface area (Å²) in [7, 11) is 0. The minimum absolute atomic E-state index is 0. The molecular weight excluding hydrogens is 2120 g/mol. The van der Waals surface area contributed by atoms with Crippen molar-refractivity contribution in [2.24, 2.45) is 0 Å². The van der Waals surface area contributed by atoms with Crippen LogP contribution >= 0.6 is 0 Å². The summed E-state index contributed by atoms with van der Waals surface area (Å²) in [5.74, 6) is 2.65. The van der Waals surface area contributed by atoms with Gasteiger partial charge in [-0.25, -0.2) is 61.2 Å². The molecule has 0 heterocycles. The first kappa shape index (κ1) is 118. The summed E-state index contributed by atoms with van der Waals surface area (Å²) in [6.07, 6.45) is 0. The minimum atomic E-state index is 0. The second kappa shape index (κ2) is 52.2. The van der Waals surface area contributed by atoms with E-state index < -0.39 is 0 Å². The Bertz CT molecular complexity index is 7120. The molecule has 0 saturated heterocycles. The van der Waals surface area contributed by atoms with Crippen LogP contribution in [0.2, 0.25) is 0 Å². The zero-order valence-electron chi connectivity index (χ0n) is 83.1. The number of hydrogen-bond donors (Lipinski definition) is 0. The van der Waals surface area contributed by atoms with Gasteiger partial charge in [0.25, 0.3) is 0 Å². The van der Waals surface area contributed by atoms with Crippen LogP contribution < -0.4 is 0 Å². The van der Waals surface area contributed by atoms with Crippen molar-refractivity contribution in [1.29, 1.82) is 0 Å². The number of fused-ring (bicyclic) bond motifs is 18. The fraction of sp³-hybridized carbons (Fsp3) is 0.136. The zero-order valence-corrected chi connectivity index (χ0v) is 100. The minimum Gasteiger partial charge on any atom is -0.358 e. The van der Waals surface area contributed by atoms with Crippen LogP contribution in [0.25, 0.3) is 134 Å². The SMILES string of the molecule is Cc1cc(-c2[c-]cccc2)[c-]c2c1C(C)c1ccccc1-2.Cc1ccc2c(c1)-c1cc[c-]c(-c3[c-]cccc3)c1C2C.Cc1cccc2c1-c1c[c-]c(-c3[c-]cccc3)cc1C2C.Cc1cccc2c1C(C)c1[c-]c(-c3[c-]cccc3)ccc1-2.Cc1cccc2c1C(C)c1c[c-]c(-c3[c-]cccc3)cc1-2.Cc1cccc2c1C(C)c1cc[c-]c(-c3[c-]cccc3)c1-2.[CH3-].[CH3-].[CH3-].[CH3-].[CH3-].[CH3-].[Y+3].[Y+3].[Y+3].[Y+3].[Y+3].[Y+3]. The number of benzene rings is 18. The van der Waals surface area contributed by atoms with Crippen molar-refractivity contribution in [2.45, 2.75) is 119 Å². The van der Waals surface area contributed by atoms with Crippen molar-refractivity contribution in [3.63, 3.8) is 0 Å². The van der Waals surface area contributed by atoms with Crippen LogP contribution in [0.1, 0.15) is 177 Å². The van der Waals surface area contributed by atoms with Crippen molar-refractivity contribution in [2.75, 3.05) is 0 Å². The third-order valence-corrected chi connectivity index (χ3v) is 26.8. The summed E-state index contributed by atoms with van der Waals surface area (Å²) in [6, 6.07) is 155. The van der Waals surface area contributed by atoms with Crippen LogP contribution in [-0.4, -0.2) is 0 Å². The van der Waals surface area contributed by atoms with Crippen molar-refractivity contribution < 1.29 is 196 Å². The number of rotatable bonds is 6. The van der Waals surface area contributed by atoms with Gasteiger partial charge in [0.15, 0.2) is 0 Å². The predicted octanol–water partition coefficient (Wildman–Crippen LogP) is 35.1. The molecule has 0 N–H and O–H groups in total. The van der Waals surface area contributed by atoms with Crippen molar-refractivity contribution in [1.82, 2.24) is 0 Å². The molecule has 0 saturated carbocycles. The Hall–Kier alpha value is -7.42. The van der Waals surface area contributed by atoms with Gasteiger partial charge >= 0.3 is 196 Å². The molecule has 6 aliphatic carbocycles. The van der Waals surface area contributed by atoms with E-state index in [2.05, 4.69) is 392 Å². The van der Waals surface area contributed by atoms with E-state index >= 15 is 0 Å². The fourth-order valence-corrected chi connectivity index (χ4v) is 20.7. The van der Waals surface area contributed by atoms with Crippen LogP contribution in [0.3, 0.4) is 0 Å². The van der Waals surface area contributed by atoms with Crippen molar-refractivity contribution in [3.8, 4) is 134 Å². The summed E-state index contributed by atoms with van der Waals surface area (Å²) in [5, 5.41) is 0. The third-order valence-electron chi connectivity index (χ3n) is 26.8. The van der Waals surface area contributed by atoms with Gasteiger partial charge in [-0.3, -0.25) is 0 Å². The Kier molecular flexibility index (Phi) is 44.5. The summed E-state index contributed by atoms with van der Waals surface area (Å²) < 4.78 is 0. The van der Waals surface area contributed by atoms with E-state index in [-0.39, 0.29) is 241 Å². The zero-order chi connectivity index (χ0) is 86.4. The van der Waals surface area contributed by atoms with Gasteiger partial charge in [0.05, 0.1) is 0 Å². The molecule has 0 bridgehead atoms. The molecule has 18 aromatic rings. The molecule has 0 radical (unpaired) electrons. The van der Waals surface area contributed by atoms with Crippen LogP contribution in [0.5, 0.6) is 0 Å². The molecule has 0 aromatic heterocycles. The third kappa shape index (κ3) is 23.3. The molecule has 18 aromatic carbocycles. The molecule has 0 aliphatic heterocycles. The van der Waals surface area contributed by atoms with E-state index in [9.17, 15) is 0 Å². The molecule has 6 heteroatoms. The molecule has 0 amide bonds. The van der Waals surface area contributed by atoms with Gasteiger partial charge in [0.2, 0.25) is 0 Å². The molecule has 0 fully saturated rings. The topological polar surface area (TPSA) is 0 Å². The number of aryl methyl sites for hydroxylation is 6. The maximum absolute atomic E-state index is 3.64. The van der Waals surface area contributed by atoms with E-state index in [1.807, 2.05) is 91.0 Å². The van der Waals surface area contributed by atoms with Gasteiger partial charge in [-0.2, -0.15) is 236 Å². The van der Waals surface area contributed by atoms with E-state index in [0.29, 0.717) is 35.5 Å². The largest absolute Gasteiger partial charge is 3.00 e. The Balaban J connectivity index is 0.000000222. The number of hydrogen-bond acceptors (Lipinski definition) is 0. The Morgan fingerprint density at radius 2 is 0.601 bits per heavy atom. The quantitative estimate of drug-likeness (QED) is 0.146. The molecule has 660 valence electrons. The Morgan fingerprint density at radius 3 is 1.18 bits per heavy atom. The second-order valence-electron chi connectivity index (χ2n) is 34.5. The summed E-state index contributed by atoms with van der Waals surface area (Å²) in [4.78, 5) is 0. The van der Waals surface area contributed by atoms with Gasteiger partial charge in [0.1, 0.15) is 0 Å². The summed E-state index contributed by atoms with van der Waals surface area (Å²) in [6.45, 7) is 26.9. The van der Waals surface area contributed by atoms with Gasteiger partial charge < -0.3 is 44.6 Å². The van der Waals surface area contributed by atoms with Crippen LogP contribution in [0.4, 0.5) is 0 Å². The van der Waals surface area contributed by atoms with Gasteiger partial charge in [-0.15, -0.1) is 116 Å². The van der Waals surface area contributed by atoms with E-state index in [4.69, 9.17) is 0 Å². The first-order valence-corrected chi connectivity index (χ1v) is 44.3.